The van der Waals surface area contributed by atoms with Crippen LogP contribution < -0.4 is 0 Å². The standard InChI is InChI=1S/C12H11BrClN3O/c1-18-7-9-11(13)12(14)17-10(16-9)6-8-4-2-3-5-15-8/h2-5H,6-7H2,1H3. The van der Waals surface area contributed by atoms with E-state index in [1.807, 2.05) is 18.2 Å². The van der Waals surface area contributed by atoms with E-state index in [0.29, 0.717) is 28.5 Å². The van der Waals surface area contributed by atoms with Crippen LogP contribution in [0, 0.1) is 0 Å². The molecule has 0 radical (unpaired) electrons. The van der Waals surface area contributed by atoms with E-state index in [1.165, 1.54) is 0 Å². The van der Waals surface area contributed by atoms with Gasteiger partial charge in [0.05, 0.1) is 23.2 Å². The number of pyridine rings is 1. The Balaban J connectivity index is 2.28. The van der Waals surface area contributed by atoms with Crippen LogP contribution in [-0.2, 0) is 17.8 Å². The normalized spacial score (nSPS) is 10.6. The summed E-state index contributed by atoms with van der Waals surface area (Å²) in [6, 6.07) is 5.73. The van der Waals surface area contributed by atoms with Gasteiger partial charge in [0.15, 0.2) is 0 Å². The fraction of sp³-hybridized carbons (Fsp3) is 0.250. The summed E-state index contributed by atoms with van der Waals surface area (Å²) in [5.74, 6) is 0.633. The van der Waals surface area contributed by atoms with Crippen molar-refractivity contribution in [3.05, 3.63) is 51.2 Å². The molecule has 2 aromatic rings. The first-order valence-electron chi connectivity index (χ1n) is 5.30. The molecule has 0 unspecified atom stereocenters. The smallest absolute Gasteiger partial charge is 0.147 e. The lowest BCUT2D eigenvalue weighted by atomic mass is 10.2. The molecule has 0 fully saturated rings. The Morgan fingerprint density at radius 3 is 2.83 bits per heavy atom. The van der Waals surface area contributed by atoms with Gasteiger partial charge >= 0.3 is 0 Å². The predicted octanol–water partition coefficient (Wildman–Crippen LogP) is 3.02. The molecule has 0 aromatic carbocycles. The van der Waals surface area contributed by atoms with E-state index in [1.54, 1.807) is 13.3 Å². The van der Waals surface area contributed by atoms with E-state index in [2.05, 4.69) is 30.9 Å². The quantitative estimate of drug-likeness (QED) is 0.810. The van der Waals surface area contributed by atoms with Gasteiger partial charge in [-0.15, -0.1) is 0 Å². The van der Waals surface area contributed by atoms with Gasteiger partial charge < -0.3 is 4.74 Å². The first-order chi connectivity index (χ1) is 8.70. The highest BCUT2D eigenvalue weighted by Gasteiger charge is 2.11. The number of methoxy groups -OCH3 is 1. The zero-order valence-electron chi connectivity index (χ0n) is 9.73. The van der Waals surface area contributed by atoms with Crippen molar-refractivity contribution in [3.63, 3.8) is 0 Å². The SMILES string of the molecule is COCc1nc(Cc2ccccn2)nc(Cl)c1Br. The molecule has 0 bridgehead atoms. The zero-order valence-corrected chi connectivity index (χ0v) is 12.1. The number of rotatable bonds is 4. The van der Waals surface area contributed by atoms with Gasteiger partial charge in [0.25, 0.3) is 0 Å². The van der Waals surface area contributed by atoms with Crippen LogP contribution in [0.3, 0.4) is 0 Å². The number of hydrogen-bond donors (Lipinski definition) is 0. The zero-order chi connectivity index (χ0) is 13.0. The lowest BCUT2D eigenvalue weighted by molar-refractivity contribution is 0.180. The Morgan fingerprint density at radius 2 is 2.17 bits per heavy atom. The molecule has 94 valence electrons. The molecule has 0 spiro atoms. The van der Waals surface area contributed by atoms with Gasteiger partial charge in [-0.25, -0.2) is 9.97 Å². The minimum absolute atomic E-state index is 0.387. The molecule has 18 heavy (non-hydrogen) atoms. The molecule has 0 N–H and O–H groups in total. The Morgan fingerprint density at radius 1 is 1.33 bits per heavy atom. The molecule has 0 atom stereocenters. The van der Waals surface area contributed by atoms with Crippen LogP contribution in [0.1, 0.15) is 17.2 Å². The van der Waals surface area contributed by atoms with Gasteiger partial charge in [0.2, 0.25) is 0 Å². The van der Waals surface area contributed by atoms with Gasteiger partial charge in [-0.05, 0) is 28.1 Å². The molecule has 0 amide bonds. The fourth-order valence-corrected chi connectivity index (χ4v) is 1.99. The summed E-state index contributed by atoms with van der Waals surface area (Å²) in [5.41, 5.74) is 1.64. The third-order valence-corrected chi connectivity index (χ3v) is 3.61. The second-order valence-electron chi connectivity index (χ2n) is 3.62. The van der Waals surface area contributed by atoms with Crippen molar-refractivity contribution in [2.75, 3.05) is 7.11 Å². The van der Waals surface area contributed by atoms with Crippen molar-refractivity contribution in [1.29, 1.82) is 0 Å². The summed E-state index contributed by atoms with van der Waals surface area (Å²) in [4.78, 5) is 12.9. The van der Waals surface area contributed by atoms with Crippen LogP contribution in [0.2, 0.25) is 5.15 Å². The fourth-order valence-electron chi connectivity index (χ4n) is 1.49. The molecule has 0 aliphatic carbocycles. The molecule has 0 saturated heterocycles. The molecule has 0 aliphatic rings. The van der Waals surface area contributed by atoms with E-state index in [-0.39, 0.29) is 0 Å². The van der Waals surface area contributed by atoms with Crippen LogP contribution >= 0.6 is 27.5 Å². The molecule has 2 heterocycles. The van der Waals surface area contributed by atoms with Crippen molar-refractivity contribution in [3.8, 4) is 0 Å². The summed E-state index contributed by atoms with van der Waals surface area (Å²) in [6.07, 6.45) is 2.29. The van der Waals surface area contributed by atoms with Gasteiger partial charge in [-0.2, -0.15) is 0 Å². The van der Waals surface area contributed by atoms with E-state index in [9.17, 15) is 0 Å². The number of ether oxygens (including phenoxy) is 1. The van der Waals surface area contributed by atoms with Crippen LogP contribution in [-0.4, -0.2) is 22.1 Å². The Kier molecular flexibility index (Phi) is 4.63. The topological polar surface area (TPSA) is 47.9 Å². The summed E-state index contributed by atoms with van der Waals surface area (Å²) in [7, 11) is 1.61. The van der Waals surface area contributed by atoms with Crippen molar-refractivity contribution in [1.82, 2.24) is 15.0 Å². The molecule has 0 aliphatic heterocycles. The Labute approximate surface area is 119 Å². The largest absolute Gasteiger partial charge is 0.378 e. The lowest BCUT2D eigenvalue weighted by Gasteiger charge is -2.07. The van der Waals surface area contributed by atoms with Gasteiger partial charge in [-0.1, -0.05) is 17.7 Å². The predicted molar refractivity (Wildman–Crippen MR) is 72.5 cm³/mol. The van der Waals surface area contributed by atoms with E-state index >= 15 is 0 Å². The molecule has 0 saturated carbocycles. The molecular formula is C12H11BrClN3O. The highest BCUT2D eigenvalue weighted by Crippen LogP contribution is 2.24. The first kappa shape index (κ1) is 13.4. The Bertz CT molecular complexity index is 536. The molecule has 2 aromatic heterocycles. The minimum atomic E-state index is 0.387. The van der Waals surface area contributed by atoms with E-state index in [4.69, 9.17) is 16.3 Å². The third kappa shape index (κ3) is 3.25. The van der Waals surface area contributed by atoms with E-state index in [0.717, 1.165) is 11.4 Å². The molecule has 4 nitrogen and oxygen atoms in total. The Hall–Kier alpha value is -1.04. The van der Waals surface area contributed by atoms with E-state index < -0.39 is 0 Å². The number of hydrogen-bond acceptors (Lipinski definition) is 4. The summed E-state index contributed by atoms with van der Waals surface area (Å²) in [5, 5.41) is 0.392. The van der Waals surface area contributed by atoms with Gasteiger partial charge in [0, 0.05) is 19.0 Å². The highest BCUT2D eigenvalue weighted by molar-refractivity contribution is 9.10. The number of halogens is 2. The van der Waals surface area contributed by atoms with Crippen molar-refractivity contribution in [2.45, 2.75) is 13.0 Å². The maximum atomic E-state index is 6.05. The van der Waals surface area contributed by atoms with Gasteiger partial charge in [0.1, 0.15) is 11.0 Å². The lowest BCUT2D eigenvalue weighted by Crippen LogP contribution is -2.04. The van der Waals surface area contributed by atoms with Crippen LogP contribution in [0.4, 0.5) is 0 Å². The van der Waals surface area contributed by atoms with Crippen molar-refractivity contribution >= 4 is 27.5 Å². The summed E-state index contributed by atoms with van der Waals surface area (Å²) >= 11 is 9.40. The number of nitrogens with zero attached hydrogens (tertiary/aromatic N) is 3. The van der Waals surface area contributed by atoms with Crippen LogP contribution in [0.5, 0.6) is 0 Å². The van der Waals surface area contributed by atoms with Crippen molar-refractivity contribution in [2.24, 2.45) is 0 Å². The average Bonchev–Trinajstić information content (AvgIpc) is 2.37. The van der Waals surface area contributed by atoms with Crippen molar-refractivity contribution < 1.29 is 4.74 Å². The average molecular weight is 329 g/mol. The maximum absolute atomic E-state index is 6.05. The second-order valence-corrected chi connectivity index (χ2v) is 4.77. The molecular weight excluding hydrogens is 318 g/mol. The van der Waals surface area contributed by atoms with Gasteiger partial charge in [-0.3, -0.25) is 4.98 Å². The molecule has 2 rings (SSSR count). The molecule has 6 heteroatoms. The maximum Gasteiger partial charge on any atom is 0.147 e. The first-order valence-corrected chi connectivity index (χ1v) is 6.47. The third-order valence-electron chi connectivity index (χ3n) is 2.27. The summed E-state index contributed by atoms with van der Waals surface area (Å²) in [6.45, 7) is 0.387. The second kappa shape index (κ2) is 6.22. The summed E-state index contributed by atoms with van der Waals surface area (Å²) < 4.78 is 5.75. The minimum Gasteiger partial charge on any atom is -0.378 e. The monoisotopic (exact) mass is 327 g/mol. The number of aromatic nitrogens is 3. The van der Waals surface area contributed by atoms with Crippen LogP contribution in [0.25, 0.3) is 0 Å². The van der Waals surface area contributed by atoms with Crippen LogP contribution in [0.15, 0.2) is 28.9 Å². The highest BCUT2D eigenvalue weighted by atomic mass is 79.9.